The maximum Gasteiger partial charge on any atom is 0.239 e. The zero-order chi connectivity index (χ0) is 12.8. The van der Waals surface area contributed by atoms with Crippen molar-refractivity contribution >= 4 is 11.8 Å². The molecule has 4 nitrogen and oxygen atoms in total. The van der Waals surface area contributed by atoms with Crippen LogP contribution in [0.3, 0.4) is 0 Å². The zero-order valence-electron chi connectivity index (χ0n) is 10.8. The lowest BCUT2D eigenvalue weighted by Gasteiger charge is -2.03. The van der Waals surface area contributed by atoms with Gasteiger partial charge in [-0.25, -0.2) is 0 Å². The molecule has 0 aliphatic carbocycles. The zero-order valence-corrected chi connectivity index (χ0v) is 11.6. The molecular formula is C13H18N2O2S. The number of hydrogen-bond donors (Lipinski definition) is 0. The van der Waals surface area contributed by atoms with Crippen LogP contribution in [0.4, 0.5) is 0 Å². The van der Waals surface area contributed by atoms with E-state index in [0.717, 1.165) is 36.6 Å². The number of aromatic nitrogens is 2. The van der Waals surface area contributed by atoms with Crippen LogP contribution >= 0.6 is 11.8 Å². The first-order valence-electron chi connectivity index (χ1n) is 6.26. The first kappa shape index (κ1) is 13.2. The summed E-state index contributed by atoms with van der Waals surface area (Å²) in [7, 11) is 0. The molecule has 1 atom stereocenters. The topological polar surface area (TPSA) is 52.1 Å². The van der Waals surface area contributed by atoms with E-state index in [4.69, 9.17) is 8.94 Å². The Labute approximate surface area is 111 Å². The molecule has 98 valence electrons. The van der Waals surface area contributed by atoms with Crippen LogP contribution in [-0.2, 0) is 12.2 Å². The number of nitrogens with zero attached hydrogens (tertiary/aromatic N) is 2. The van der Waals surface area contributed by atoms with Gasteiger partial charge in [-0.05, 0) is 25.5 Å². The SMILES string of the molecule is CCCCc1noc(C(C)SCc2ccco2)n1. The third kappa shape index (κ3) is 3.63. The maximum atomic E-state index is 5.29. The van der Waals surface area contributed by atoms with Crippen molar-refractivity contribution in [2.24, 2.45) is 0 Å². The Morgan fingerprint density at radius 3 is 3.06 bits per heavy atom. The number of unbranched alkanes of at least 4 members (excludes halogenated alkanes) is 1. The smallest absolute Gasteiger partial charge is 0.239 e. The van der Waals surface area contributed by atoms with E-state index in [0.29, 0.717) is 5.89 Å². The van der Waals surface area contributed by atoms with Gasteiger partial charge >= 0.3 is 0 Å². The van der Waals surface area contributed by atoms with Crippen molar-refractivity contribution in [2.75, 3.05) is 0 Å². The number of hydrogen-bond acceptors (Lipinski definition) is 5. The van der Waals surface area contributed by atoms with Crippen molar-refractivity contribution in [1.29, 1.82) is 0 Å². The van der Waals surface area contributed by atoms with Gasteiger partial charge in [0.2, 0.25) is 5.89 Å². The van der Waals surface area contributed by atoms with Gasteiger partial charge in [-0.2, -0.15) is 4.98 Å². The molecule has 2 aromatic heterocycles. The number of furan rings is 1. The van der Waals surface area contributed by atoms with Gasteiger partial charge in [0.1, 0.15) is 5.76 Å². The van der Waals surface area contributed by atoms with Crippen LogP contribution in [0.2, 0.25) is 0 Å². The number of aryl methyl sites for hydroxylation is 1. The monoisotopic (exact) mass is 266 g/mol. The standard InChI is InChI=1S/C13H18N2O2S/c1-3-4-7-12-14-13(17-15-12)10(2)18-9-11-6-5-8-16-11/h5-6,8,10H,3-4,7,9H2,1-2H3. The molecule has 5 heteroatoms. The van der Waals surface area contributed by atoms with Gasteiger partial charge < -0.3 is 8.94 Å². The van der Waals surface area contributed by atoms with Crippen LogP contribution in [0, 0.1) is 0 Å². The summed E-state index contributed by atoms with van der Waals surface area (Å²) >= 11 is 1.73. The fraction of sp³-hybridized carbons (Fsp3) is 0.538. The molecule has 0 amide bonds. The molecule has 0 spiro atoms. The lowest BCUT2D eigenvalue weighted by Crippen LogP contribution is -1.92. The van der Waals surface area contributed by atoms with Gasteiger partial charge in [0.05, 0.1) is 17.3 Å². The van der Waals surface area contributed by atoms with Gasteiger partial charge in [-0.1, -0.05) is 18.5 Å². The molecule has 18 heavy (non-hydrogen) atoms. The van der Waals surface area contributed by atoms with Gasteiger partial charge in [0.15, 0.2) is 5.82 Å². The predicted octanol–water partition coefficient (Wildman–Crippen LogP) is 4.00. The average Bonchev–Trinajstić information content (AvgIpc) is 3.04. The van der Waals surface area contributed by atoms with E-state index in [-0.39, 0.29) is 5.25 Å². The molecule has 0 radical (unpaired) electrons. The quantitative estimate of drug-likeness (QED) is 0.758. The summed E-state index contributed by atoms with van der Waals surface area (Å²) in [6.07, 6.45) is 4.84. The highest BCUT2D eigenvalue weighted by Gasteiger charge is 2.15. The van der Waals surface area contributed by atoms with E-state index in [9.17, 15) is 0 Å². The minimum absolute atomic E-state index is 0.193. The highest BCUT2D eigenvalue weighted by atomic mass is 32.2. The summed E-state index contributed by atoms with van der Waals surface area (Å²) in [6, 6.07) is 3.87. The Bertz CT molecular complexity index is 453. The molecular weight excluding hydrogens is 248 g/mol. The molecule has 0 aliphatic heterocycles. The summed E-state index contributed by atoms with van der Waals surface area (Å²) < 4.78 is 10.6. The number of rotatable bonds is 7. The fourth-order valence-corrected chi connectivity index (χ4v) is 2.36. The molecule has 2 rings (SSSR count). The molecule has 1 unspecified atom stereocenters. The van der Waals surface area contributed by atoms with Crippen molar-refractivity contribution in [1.82, 2.24) is 10.1 Å². The van der Waals surface area contributed by atoms with Crippen molar-refractivity contribution in [3.05, 3.63) is 35.9 Å². The lowest BCUT2D eigenvalue weighted by molar-refractivity contribution is 0.374. The Morgan fingerprint density at radius 2 is 2.33 bits per heavy atom. The van der Waals surface area contributed by atoms with Gasteiger partial charge in [0, 0.05) is 6.42 Å². The molecule has 2 heterocycles. The summed E-state index contributed by atoms with van der Waals surface area (Å²) in [5.41, 5.74) is 0. The Hall–Kier alpha value is -1.23. The molecule has 0 fully saturated rings. The summed E-state index contributed by atoms with van der Waals surface area (Å²) in [6.45, 7) is 4.23. The van der Waals surface area contributed by atoms with E-state index < -0.39 is 0 Å². The minimum Gasteiger partial charge on any atom is -0.468 e. The first-order valence-corrected chi connectivity index (χ1v) is 7.31. The van der Waals surface area contributed by atoms with Crippen LogP contribution in [-0.4, -0.2) is 10.1 Å². The van der Waals surface area contributed by atoms with E-state index >= 15 is 0 Å². The second-order valence-electron chi connectivity index (χ2n) is 4.18. The van der Waals surface area contributed by atoms with Gasteiger partial charge in [-0.3, -0.25) is 0 Å². The highest BCUT2D eigenvalue weighted by Crippen LogP contribution is 2.30. The van der Waals surface area contributed by atoms with Crippen molar-refractivity contribution in [2.45, 2.75) is 44.1 Å². The second-order valence-corrected chi connectivity index (χ2v) is 5.51. The Kier molecular flexibility index (Phi) is 4.87. The van der Waals surface area contributed by atoms with E-state index in [1.165, 1.54) is 0 Å². The van der Waals surface area contributed by atoms with E-state index in [2.05, 4.69) is 24.0 Å². The third-order valence-electron chi connectivity index (χ3n) is 2.64. The lowest BCUT2D eigenvalue weighted by atomic mass is 10.2. The first-order chi connectivity index (χ1) is 8.79. The van der Waals surface area contributed by atoms with Crippen molar-refractivity contribution in [3.63, 3.8) is 0 Å². The average molecular weight is 266 g/mol. The van der Waals surface area contributed by atoms with Crippen molar-refractivity contribution in [3.8, 4) is 0 Å². The molecule has 0 bridgehead atoms. The van der Waals surface area contributed by atoms with Crippen LogP contribution < -0.4 is 0 Å². The van der Waals surface area contributed by atoms with Crippen LogP contribution in [0.5, 0.6) is 0 Å². The second kappa shape index (κ2) is 6.64. The molecule has 0 aliphatic rings. The maximum absolute atomic E-state index is 5.29. The molecule has 0 saturated carbocycles. The van der Waals surface area contributed by atoms with Crippen molar-refractivity contribution < 1.29 is 8.94 Å². The van der Waals surface area contributed by atoms with Gasteiger partial charge in [-0.15, -0.1) is 11.8 Å². The molecule has 0 aromatic carbocycles. The molecule has 2 aromatic rings. The predicted molar refractivity (Wildman–Crippen MR) is 71.3 cm³/mol. The van der Waals surface area contributed by atoms with Crippen LogP contribution in [0.1, 0.15) is 49.4 Å². The summed E-state index contributed by atoms with van der Waals surface area (Å²) in [5, 5.41) is 4.19. The Balaban J connectivity index is 1.84. The fourth-order valence-electron chi connectivity index (χ4n) is 1.54. The van der Waals surface area contributed by atoms with Crippen LogP contribution in [0.15, 0.2) is 27.3 Å². The molecule has 0 N–H and O–H groups in total. The normalized spacial score (nSPS) is 12.8. The van der Waals surface area contributed by atoms with E-state index in [1.807, 2.05) is 12.1 Å². The van der Waals surface area contributed by atoms with Crippen LogP contribution in [0.25, 0.3) is 0 Å². The summed E-state index contributed by atoms with van der Waals surface area (Å²) in [4.78, 5) is 4.42. The van der Waals surface area contributed by atoms with E-state index in [1.54, 1.807) is 18.0 Å². The van der Waals surface area contributed by atoms with Gasteiger partial charge in [0.25, 0.3) is 0 Å². The Morgan fingerprint density at radius 1 is 1.44 bits per heavy atom. The minimum atomic E-state index is 0.193. The highest BCUT2D eigenvalue weighted by molar-refractivity contribution is 7.98. The molecule has 0 saturated heterocycles. The largest absolute Gasteiger partial charge is 0.468 e. The number of thioether (sulfide) groups is 1. The summed E-state index contributed by atoms with van der Waals surface area (Å²) in [5.74, 6) is 3.31. The third-order valence-corrected chi connectivity index (χ3v) is 3.79.